The molecule has 194 valence electrons. The lowest BCUT2D eigenvalue weighted by Crippen LogP contribution is -2.18. The van der Waals surface area contributed by atoms with E-state index in [9.17, 15) is 0 Å². The van der Waals surface area contributed by atoms with Crippen LogP contribution in [0.5, 0.6) is 0 Å². The minimum Gasteiger partial charge on any atom is -0.456 e. The van der Waals surface area contributed by atoms with Crippen LogP contribution in [0.15, 0.2) is 120 Å². The summed E-state index contributed by atoms with van der Waals surface area (Å²) in [5, 5.41) is 4.62. The van der Waals surface area contributed by atoms with E-state index in [1.165, 1.54) is 21.9 Å². The Morgan fingerprint density at radius 2 is 1.34 bits per heavy atom. The van der Waals surface area contributed by atoms with Crippen molar-refractivity contribution in [3.8, 4) is 28.3 Å². The molecule has 3 heterocycles. The average Bonchev–Trinajstić information content (AvgIpc) is 3.62. The summed E-state index contributed by atoms with van der Waals surface area (Å²) in [5.41, 5.74) is 9.31. The van der Waals surface area contributed by atoms with Crippen LogP contribution in [-0.2, 0) is 5.41 Å². The average molecular weight is 528 g/mol. The van der Waals surface area contributed by atoms with Crippen LogP contribution in [0.1, 0.15) is 25.1 Å². The molecule has 9 rings (SSSR count). The molecule has 0 amide bonds. The van der Waals surface area contributed by atoms with Gasteiger partial charge in [-0.05, 0) is 29.3 Å². The third kappa shape index (κ3) is 2.99. The van der Waals surface area contributed by atoms with Gasteiger partial charge in [-0.15, -0.1) is 0 Å². The first-order chi connectivity index (χ1) is 20.1. The van der Waals surface area contributed by atoms with E-state index in [1.54, 1.807) is 0 Å². The summed E-state index contributed by atoms with van der Waals surface area (Å²) >= 11 is 0. The van der Waals surface area contributed by atoms with Gasteiger partial charge in [0.2, 0.25) is 0 Å². The first-order valence-electron chi connectivity index (χ1n) is 14.0. The molecule has 8 aromatic rings. The molecule has 0 saturated heterocycles. The van der Waals surface area contributed by atoms with Crippen molar-refractivity contribution in [1.82, 2.24) is 14.5 Å². The zero-order chi connectivity index (χ0) is 27.3. The molecule has 41 heavy (non-hydrogen) atoms. The Labute approximate surface area is 236 Å². The minimum absolute atomic E-state index is 0.266. The number of fused-ring (bicyclic) bond motifs is 9. The molecular weight excluding hydrogens is 502 g/mol. The van der Waals surface area contributed by atoms with Crippen molar-refractivity contribution < 1.29 is 4.42 Å². The van der Waals surface area contributed by atoms with E-state index in [0.29, 0.717) is 0 Å². The van der Waals surface area contributed by atoms with Gasteiger partial charge in [0.25, 0.3) is 0 Å². The quantitative estimate of drug-likeness (QED) is 0.225. The van der Waals surface area contributed by atoms with Crippen LogP contribution in [0.4, 0.5) is 0 Å². The van der Waals surface area contributed by atoms with Crippen LogP contribution in [0.3, 0.4) is 0 Å². The molecule has 4 heteroatoms. The number of rotatable bonds is 2. The SMILES string of the molecule is CC1(C)c2ccccc2-c2c(-n3c4ccccc4c4cc5c(cc43)oc3ccccc35)nc(-c3ccccc3)nc21. The second-order valence-electron chi connectivity index (χ2n) is 11.4. The highest BCUT2D eigenvalue weighted by molar-refractivity contribution is 6.17. The lowest BCUT2D eigenvalue weighted by molar-refractivity contribution is 0.635. The normalized spacial score (nSPS) is 13.8. The molecule has 0 fully saturated rings. The van der Waals surface area contributed by atoms with Gasteiger partial charge in [0, 0.05) is 44.2 Å². The number of aromatic nitrogens is 3. The number of nitrogens with zero attached hydrogens (tertiary/aromatic N) is 3. The van der Waals surface area contributed by atoms with Crippen molar-refractivity contribution >= 4 is 43.7 Å². The highest BCUT2D eigenvalue weighted by Gasteiger charge is 2.40. The van der Waals surface area contributed by atoms with E-state index in [1.807, 2.05) is 30.3 Å². The number of hydrogen-bond acceptors (Lipinski definition) is 3. The number of para-hydroxylation sites is 2. The highest BCUT2D eigenvalue weighted by Crippen LogP contribution is 2.51. The first kappa shape index (κ1) is 22.6. The van der Waals surface area contributed by atoms with Crippen LogP contribution < -0.4 is 0 Å². The van der Waals surface area contributed by atoms with Crippen LogP contribution in [-0.4, -0.2) is 14.5 Å². The predicted molar refractivity (Wildman–Crippen MR) is 167 cm³/mol. The van der Waals surface area contributed by atoms with E-state index in [0.717, 1.165) is 61.4 Å². The van der Waals surface area contributed by atoms with Crippen molar-refractivity contribution in [2.45, 2.75) is 19.3 Å². The van der Waals surface area contributed by atoms with Gasteiger partial charge in [-0.25, -0.2) is 9.97 Å². The summed E-state index contributed by atoms with van der Waals surface area (Å²) in [6.45, 7) is 4.54. The van der Waals surface area contributed by atoms with Crippen LogP contribution in [0.2, 0.25) is 0 Å². The van der Waals surface area contributed by atoms with E-state index in [-0.39, 0.29) is 5.41 Å². The van der Waals surface area contributed by atoms with E-state index < -0.39 is 0 Å². The Morgan fingerprint density at radius 3 is 2.22 bits per heavy atom. The molecule has 5 aromatic carbocycles. The van der Waals surface area contributed by atoms with Gasteiger partial charge in [-0.3, -0.25) is 4.57 Å². The van der Waals surface area contributed by atoms with Gasteiger partial charge in [-0.1, -0.05) is 105 Å². The first-order valence-corrected chi connectivity index (χ1v) is 14.0. The van der Waals surface area contributed by atoms with Gasteiger partial charge in [0.15, 0.2) is 5.82 Å². The van der Waals surface area contributed by atoms with Crippen molar-refractivity contribution in [2.24, 2.45) is 0 Å². The third-order valence-corrected chi connectivity index (χ3v) is 8.77. The van der Waals surface area contributed by atoms with Gasteiger partial charge in [0.1, 0.15) is 17.0 Å². The van der Waals surface area contributed by atoms with Crippen molar-refractivity contribution in [3.05, 3.63) is 127 Å². The zero-order valence-corrected chi connectivity index (χ0v) is 22.7. The Balaban J connectivity index is 1.47. The van der Waals surface area contributed by atoms with Crippen LogP contribution in [0.25, 0.3) is 72.1 Å². The fourth-order valence-electron chi connectivity index (χ4n) is 6.82. The van der Waals surface area contributed by atoms with Gasteiger partial charge < -0.3 is 4.42 Å². The van der Waals surface area contributed by atoms with Gasteiger partial charge in [0.05, 0.1) is 16.7 Å². The molecule has 0 unspecified atom stereocenters. The fraction of sp³-hybridized carbons (Fsp3) is 0.0811. The largest absolute Gasteiger partial charge is 0.456 e. The molecule has 3 aromatic heterocycles. The van der Waals surface area contributed by atoms with Crippen molar-refractivity contribution in [1.29, 1.82) is 0 Å². The summed E-state index contributed by atoms with van der Waals surface area (Å²) in [4.78, 5) is 10.6. The molecule has 0 spiro atoms. The van der Waals surface area contributed by atoms with Gasteiger partial charge in [-0.2, -0.15) is 0 Å². The van der Waals surface area contributed by atoms with E-state index >= 15 is 0 Å². The Kier molecular flexibility index (Phi) is 4.36. The smallest absolute Gasteiger partial charge is 0.161 e. The molecular formula is C37H25N3O. The van der Waals surface area contributed by atoms with Crippen molar-refractivity contribution in [2.75, 3.05) is 0 Å². The second kappa shape index (κ2) is 7.92. The maximum Gasteiger partial charge on any atom is 0.161 e. The Bertz CT molecular complexity index is 2340. The van der Waals surface area contributed by atoms with Crippen molar-refractivity contribution in [3.63, 3.8) is 0 Å². The Morgan fingerprint density at radius 1 is 0.610 bits per heavy atom. The molecule has 1 aliphatic rings. The molecule has 4 nitrogen and oxygen atoms in total. The number of furan rings is 1. The molecule has 0 bridgehead atoms. The van der Waals surface area contributed by atoms with Crippen LogP contribution in [0, 0.1) is 0 Å². The van der Waals surface area contributed by atoms with E-state index in [2.05, 4.69) is 103 Å². The molecule has 0 N–H and O–H groups in total. The number of hydrogen-bond donors (Lipinski definition) is 0. The standard InChI is InChI=1S/C37H25N3O/c1-37(2)28-17-9-6-16-25(28)33-34(37)38-35(22-12-4-3-5-13-22)39-36(33)40-29-18-10-7-14-23(29)26-20-27-24-15-8-11-19-31(24)41-32(27)21-30(26)40/h3-21H,1-2H3. The fourth-order valence-corrected chi connectivity index (χ4v) is 6.82. The summed E-state index contributed by atoms with van der Waals surface area (Å²) in [6.07, 6.45) is 0. The van der Waals surface area contributed by atoms with Crippen LogP contribution >= 0.6 is 0 Å². The topological polar surface area (TPSA) is 43.9 Å². The molecule has 0 radical (unpaired) electrons. The highest BCUT2D eigenvalue weighted by atomic mass is 16.3. The Hall–Kier alpha value is -5.22. The van der Waals surface area contributed by atoms with Gasteiger partial charge >= 0.3 is 0 Å². The maximum absolute atomic E-state index is 6.38. The zero-order valence-electron chi connectivity index (χ0n) is 22.7. The lowest BCUT2D eigenvalue weighted by Gasteiger charge is -2.21. The summed E-state index contributed by atoms with van der Waals surface area (Å²) in [7, 11) is 0. The minimum atomic E-state index is -0.266. The predicted octanol–water partition coefficient (Wildman–Crippen LogP) is 9.45. The molecule has 0 atom stereocenters. The molecule has 0 aliphatic heterocycles. The summed E-state index contributed by atoms with van der Waals surface area (Å²) in [6, 6.07) is 40.3. The monoisotopic (exact) mass is 527 g/mol. The van der Waals surface area contributed by atoms with E-state index in [4.69, 9.17) is 14.4 Å². The second-order valence-corrected chi connectivity index (χ2v) is 11.4. The summed E-state index contributed by atoms with van der Waals surface area (Å²) < 4.78 is 8.70. The third-order valence-electron chi connectivity index (χ3n) is 8.77. The number of benzene rings is 5. The lowest BCUT2D eigenvalue weighted by atomic mass is 9.85. The summed E-state index contributed by atoms with van der Waals surface area (Å²) in [5.74, 6) is 1.63. The molecule has 1 aliphatic carbocycles. The molecule has 0 saturated carbocycles. The maximum atomic E-state index is 6.38.